The van der Waals surface area contributed by atoms with Gasteiger partial charge in [-0.15, -0.1) is 10.2 Å². The van der Waals surface area contributed by atoms with Crippen molar-refractivity contribution >= 4 is 15.7 Å². The van der Waals surface area contributed by atoms with Gasteiger partial charge in [0, 0.05) is 0 Å². The summed E-state index contributed by atoms with van der Waals surface area (Å²) < 4.78 is 39.4. The van der Waals surface area contributed by atoms with Crippen LogP contribution in [-0.4, -0.2) is 29.0 Å². The van der Waals surface area contributed by atoms with Gasteiger partial charge in [0.2, 0.25) is 10.0 Å². The number of rotatable bonds is 4. The molecule has 0 spiro atoms. The molecule has 0 radical (unpaired) electrons. The first-order chi connectivity index (χ1) is 8.90. The Hall–Kier alpha value is -2.07. The third-order valence-electron chi connectivity index (χ3n) is 2.34. The summed E-state index contributed by atoms with van der Waals surface area (Å²) in [5, 5.41) is 12.9. The lowest BCUT2D eigenvalue weighted by atomic mass is 10.3. The van der Waals surface area contributed by atoms with E-state index < -0.39 is 21.9 Å². The molecule has 0 bridgehead atoms. The topological polar surface area (TPSA) is 127 Å². The Morgan fingerprint density at radius 3 is 2.79 bits per heavy atom. The van der Waals surface area contributed by atoms with Crippen molar-refractivity contribution < 1.29 is 12.8 Å². The summed E-state index contributed by atoms with van der Waals surface area (Å²) in [4.78, 5) is -0.204. The van der Waals surface area contributed by atoms with Crippen LogP contribution in [0.25, 0.3) is 0 Å². The number of anilines is 1. The number of sulfonamides is 1. The normalized spacial score (nSPS) is 13.4. The maximum atomic E-state index is 12.9. The van der Waals surface area contributed by atoms with E-state index in [2.05, 4.69) is 25.3 Å². The second-order valence-corrected chi connectivity index (χ2v) is 5.48. The number of nitrogens with two attached hydrogens (primary N) is 1. The first-order valence-electron chi connectivity index (χ1n) is 5.21. The maximum absolute atomic E-state index is 12.9. The Morgan fingerprint density at radius 2 is 2.21 bits per heavy atom. The molecular formula is C9H11FN6O2S. The van der Waals surface area contributed by atoms with Crippen LogP contribution in [-0.2, 0) is 10.0 Å². The molecule has 1 heterocycles. The Balaban J connectivity index is 2.28. The van der Waals surface area contributed by atoms with Crippen LogP contribution in [0.2, 0.25) is 0 Å². The van der Waals surface area contributed by atoms with Gasteiger partial charge in [-0.3, -0.25) is 0 Å². The predicted octanol–water partition coefficient (Wildman–Crippen LogP) is -0.0395. The van der Waals surface area contributed by atoms with Gasteiger partial charge in [-0.05, 0) is 25.1 Å². The van der Waals surface area contributed by atoms with Gasteiger partial charge in [-0.25, -0.2) is 17.5 Å². The van der Waals surface area contributed by atoms with Crippen LogP contribution >= 0.6 is 0 Å². The first kappa shape index (κ1) is 13.4. The average Bonchev–Trinajstić information content (AvgIpc) is 2.80. The molecule has 0 fully saturated rings. The number of tetrazole rings is 1. The predicted molar refractivity (Wildman–Crippen MR) is 63.7 cm³/mol. The Labute approximate surface area is 108 Å². The molecule has 0 aliphatic heterocycles. The van der Waals surface area contributed by atoms with Crippen LogP contribution in [0.15, 0.2) is 23.1 Å². The monoisotopic (exact) mass is 286 g/mol. The van der Waals surface area contributed by atoms with Gasteiger partial charge in [0.15, 0.2) is 5.82 Å². The molecule has 1 unspecified atom stereocenters. The molecule has 0 amide bonds. The fraction of sp³-hybridized carbons (Fsp3) is 0.222. The summed E-state index contributed by atoms with van der Waals surface area (Å²) in [5.74, 6) is -0.424. The van der Waals surface area contributed by atoms with Gasteiger partial charge < -0.3 is 5.73 Å². The van der Waals surface area contributed by atoms with Crippen molar-refractivity contribution in [1.29, 1.82) is 0 Å². The van der Waals surface area contributed by atoms with E-state index in [-0.39, 0.29) is 16.4 Å². The third-order valence-corrected chi connectivity index (χ3v) is 3.96. The highest BCUT2D eigenvalue weighted by atomic mass is 32.2. The summed E-state index contributed by atoms with van der Waals surface area (Å²) in [5.41, 5.74) is 5.32. The third kappa shape index (κ3) is 2.85. The number of nitrogens with one attached hydrogen (secondary N) is 2. The van der Waals surface area contributed by atoms with Crippen LogP contribution in [0.4, 0.5) is 10.1 Å². The van der Waals surface area contributed by atoms with E-state index in [1.54, 1.807) is 6.92 Å². The lowest BCUT2D eigenvalue weighted by Gasteiger charge is -2.12. The van der Waals surface area contributed by atoms with Crippen LogP contribution < -0.4 is 10.5 Å². The molecule has 2 rings (SSSR count). The lowest BCUT2D eigenvalue weighted by molar-refractivity contribution is 0.560. The molecule has 2 aromatic rings. The van der Waals surface area contributed by atoms with Gasteiger partial charge in [-0.1, -0.05) is 5.21 Å². The minimum Gasteiger partial charge on any atom is -0.398 e. The van der Waals surface area contributed by atoms with Crippen LogP contribution in [0.3, 0.4) is 0 Å². The number of hydrogen-bond acceptors (Lipinski definition) is 6. The largest absolute Gasteiger partial charge is 0.398 e. The molecule has 1 atom stereocenters. The van der Waals surface area contributed by atoms with E-state index in [0.29, 0.717) is 0 Å². The standard InChI is InChI=1S/C9H11FN6O2S/c1-5(9-12-15-16-13-9)14-19(17,18)8-3-2-6(10)4-7(8)11/h2-5,14H,11H2,1H3,(H,12,13,15,16). The number of H-pyrrole nitrogens is 1. The number of benzene rings is 1. The van der Waals surface area contributed by atoms with Gasteiger partial charge in [-0.2, -0.15) is 5.21 Å². The molecule has 0 saturated carbocycles. The van der Waals surface area contributed by atoms with Gasteiger partial charge in [0.25, 0.3) is 0 Å². The molecule has 102 valence electrons. The fourth-order valence-corrected chi connectivity index (χ4v) is 2.78. The first-order valence-corrected chi connectivity index (χ1v) is 6.69. The van der Waals surface area contributed by atoms with Crippen molar-refractivity contribution in [3.8, 4) is 0 Å². The van der Waals surface area contributed by atoms with Gasteiger partial charge in [0.1, 0.15) is 10.7 Å². The highest BCUT2D eigenvalue weighted by molar-refractivity contribution is 7.89. The molecule has 1 aromatic heterocycles. The molecule has 8 nitrogen and oxygen atoms in total. The molecule has 0 aliphatic carbocycles. The lowest BCUT2D eigenvalue weighted by Crippen LogP contribution is -2.28. The number of nitrogen functional groups attached to an aromatic ring is 1. The minimum atomic E-state index is -3.90. The number of nitrogens with zero attached hydrogens (tertiary/aromatic N) is 3. The number of halogens is 1. The molecule has 0 aliphatic rings. The molecule has 1 aromatic carbocycles. The highest BCUT2D eigenvalue weighted by Gasteiger charge is 2.22. The molecule has 0 saturated heterocycles. The Bertz CT molecular complexity index is 672. The van der Waals surface area contributed by atoms with E-state index in [4.69, 9.17) is 5.73 Å². The van der Waals surface area contributed by atoms with Crippen LogP contribution in [0.1, 0.15) is 18.8 Å². The summed E-state index contributed by atoms with van der Waals surface area (Å²) in [6.45, 7) is 1.54. The van der Waals surface area contributed by atoms with Gasteiger partial charge >= 0.3 is 0 Å². The molecule has 4 N–H and O–H groups in total. The van der Waals surface area contributed by atoms with E-state index in [0.717, 1.165) is 18.2 Å². The summed E-state index contributed by atoms with van der Waals surface area (Å²) >= 11 is 0. The number of aromatic amines is 1. The molecule has 19 heavy (non-hydrogen) atoms. The number of hydrogen-bond donors (Lipinski definition) is 3. The zero-order valence-corrected chi connectivity index (χ0v) is 10.6. The van der Waals surface area contributed by atoms with Crippen LogP contribution in [0, 0.1) is 5.82 Å². The second kappa shape index (κ2) is 4.90. The minimum absolute atomic E-state index is 0.173. The smallest absolute Gasteiger partial charge is 0.243 e. The summed E-state index contributed by atoms with van der Waals surface area (Å²) in [6.07, 6.45) is 0. The Kier molecular flexibility index (Phi) is 3.44. The zero-order chi connectivity index (χ0) is 14.0. The maximum Gasteiger partial charge on any atom is 0.243 e. The second-order valence-electron chi connectivity index (χ2n) is 3.80. The quantitative estimate of drug-likeness (QED) is 0.677. The van der Waals surface area contributed by atoms with Crippen molar-refractivity contribution in [3.05, 3.63) is 29.8 Å². The van der Waals surface area contributed by atoms with Crippen molar-refractivity contribution in [2.75, 3.05) is 5.73 Å². The number of aromatic nitrogens is 4. The van der Waals surface area contributed by atoms with Crippen molar-refractivity contribution in [3.63, 3.8) is 0 Å². The fourth-order valence-electron chi connectivity index (χ4n) is 1.47. The van der Waals surface area contributed by atoms with Crippen molar-refractivity contribution in [2.24, 2.45) is 0 Å². The Morgan fingerprint density at radius 1 is 1.47 bits per heavy atom. The van der Waals surface area contributed by atoms with Crippen molar-refractivity contribution in [2.45, 2.75) is 17.9 Å². The summed E-state index contributed by atoms with van der Waals surface area (Å²) in [7, 11) is -3.90. The van der Waals surface area contributed by atoms with Crippen LogP contribution in [0.5, 0.6) is 0 Å². The summed E-state index contributed by atoms with van der Waals surface area (Å²) in [6, 6.07) is 2.35. The van der Waals surface area contributed by atoms with Crippen molar-refractivity contribution in [1.82, 2.24) is 25.3 Å². The zero-order valence-electron chi connectivity index (χ0n) is 9.83. The van der Waals surface area contributed by atoms with E-state index in [1.165, 1.54) is 0 Å². The van der Waals surface area contributed by atoms with E-state index in [9.17, 15) is 12.8 Å². The molecular weight excluding hydrogens is 275 g/mol. The van der Waals surface area contributed by atoms with E-state index >= 15 is 0 Å². The average molecular weight is 286 g/mol. The SMILES string of the molecule is CC(NS(=O)(=O)c1ccc(F)cc1N)c1nn[nH]n1. The highest BCUT2D eigenvalue weighted by Crippen LogP contribution is 2.20. The van der Waals surface area contributed by atoms with Gasteiger partial charge in [0.05, 0.1) is 11.7 Å². The molecule has 10 heteroatoms. The van der Waals surface area contributed by atoms with E-state index in [1.807, 2.05) is 0 Å².